The van der Waals surface area contributed by atoms with Crippen molar-refractivity contribution in [3.05, 3.63) is 83.7 Å². The monoisotopic (exact) mass is 458 g/mol. The third-order valence-corrected chi connectivity index (χ3v) is 5.92. The number of H-pyrrole nitrogens is 1. The summed E-state index contributed by atoms with van der Waals surface area (Å²) >= 11 is 5.97. The van der Waals surface area contributed by atoms with E-state index < -0.39 is 5.82 Å². The SMILES string of the molecule is CC(c1ccc(Cl)cn1)n1nccc1-c1cc2c(cc1F)nnn2-c1ccc2cn[nH]c2c1. The van der Waals surface area contributed by atoms with Crippen LogP contribution in [0.1, 0.15) is 18.7 Å². The van der Waals surface area contributed by atoms with Crippen LogP contribution in [0.15, 0.2) is 67.1 Å². The van der Waals surface area contributed by atoms with Crippen LogP contribution in [0.5, 0.6) is 0 Å². The van der Waals surface area contributed by atoms with E-state index in [9.17, 15) is 0 Å². The third-order valence-electron chi connectivity index (χ3n) is 5.70. The average Bonchev–Trinajstić information content (AvgIpc) is 3.57. The quantitative estimate of drug-likeness (QED) is 0.403. The number of nitrogens with zero attached hydrogens (tertiary/aromatic N) is 7. The van der Waals surface area contributed by atoms with Gasteiger partial charge in [-0.05, 0) is 49.4 Å². The smallest absolute Gasteiger partial charge is 0.134 e. The van der Waals surface area contributed by atoms with Gasteiger partial charge in [-0.2, -0.15) is 10.2 Å². The highest BCUT2D eigenvalue weighted by Crippen LogP contribution is 2.31. The fourth-order valence-corrected chi connectivity index (χ4v) is 4.09. The van der Waals surface area contributed by atoms with Crippen molar-refractivity contribution in [2.45, 2.75) is 13.0 Å². The molecule has 2 aromatic carbocycles. The number of fused-ring (bicyclic) bond motifs is 2. The van der Waals surface area contributed by atoms with Gasteiger partial charge in [0.1, 0.15) is 11.3 Å². The molecular weight excluding hydrogens is 443 g/mol. The van der Waals surface area contributed by atoms with E-state index in [1.54, 1.807) is 46.2 Å². The third kappa shape index (κ3) is 3.25. The molecule has 6 rings (SSSR count). The number of halogens is 2. The van der Waals surface area contributed by atoms with Crippen LogP contribution in [0.25, 0.3) is 38.9 Å². The molecule has 6 aromatic rings. The van der Waals surface area contributed by atoms with Crippen molar-refractivity contribution in [3.8, 4) is 16.9 Å². The van der Waals surface area contributed by atoms with Gasteiger partial charge in [-0.25, -0.2) is 9.07 Å². The first-order valence-corrected chi connectivity index (χ1v) is 10.6. The molecule has 33 heavy (non-hydrogen) atoms. The van der Waals surface area contributed by atoms with E-state index >= 15 is 4.39 Å². The van der Waals surface area contributed by atoms with Crippen molar-refractivity contribution in [1.29, 1.82) is 0 Å². The van der Waals surface area contributed by atoms with Crippen LogP contribution in [0.2, 0.25) is 5.02 Å². The van der Waals surface area contributed by atoms with Gasteiger partial charge >= 0.3 is 0 Å². The van der Waals surface area contributed by atoms with E-state index in [0.717, 1.165) is 22.3 Å². The fourth-order valence-electron chi connectivity index (χ4n) is 3.98. The summed E-state index contributed by atoms with van der Waals surface area (Å²) in [5, 5.41) is 21.4. The molecule has 0 amide bonds. The number of aromatic nitrogens is 8. The minimum absolute atomic E-state index is 0.229. The van der Waals surface area contributed by atoms with Gasteiger partial charge in [-0.15, -0.1) is 5.10 Å². The van der Waals surface area contributed by atoms with Crippen molar-refractivity contribution >= 4 is 33.5 Å². The lowest BCUT2D eigenvalue weighted by molar-refractivity contribution is 0.553. The Labute approximate surface area is 191 Å². The van der Waals surface area contributed by atoms with Crippen LogP contribution in [-0.4, -0.2) is 40.0 Å². The summed E-state index contributed by atoms with van der Waals surface area (Å²) in [5.74, 6) is -0.406. The molecule has 0 saturated carbocycles. The number of pyridine rings is 1. The molecule has 0 spiro atoms. The highest BCUT2D eigenvalue weighted by Gasteiger charge is 2.20. The number of rotatable bonds is 4. The van der Waals surface area contributed by atoms with Gasteiger partial charge < -0.3 is 0 Å². The van der Waals surface area contributed by atoms with Crippen LogP contribution in [-0.2, 0) is 0 Å². The number of aromatic amines is 1. The summed E-state index contributed by atoms with van der Waals surface area (Å²) in [6, 6.07) is 14.1. The second kappa shape index (κ2) is 7.49. The van der Waals surface area contributed by atoms with Gasteiger partial charge in [-0.1, -0.05) is 16.8 Å². The molecule has 0 aliphatic carbocycles. The molecule has 4 aromatic heterocycles. The molecule has 1 atom stereocenters. The zero-order valence-corrected chi connectivity index (χ0v) is 18.1. The molecule has 1 N–H and O–H groups in total. The van der Waals surface area contributed by atoms with E-state index in [0.29, 0.717) is 27.3 Å². The van der Waals surface area contributed by atoms with Crippen LogP contribution < -0.4 is 0 Å². The van der Waals surface area contributed by atoms with Gasteiger partial charge in [-0.3, -0.25) is 14.8 Å². The largest absolute Gasteiger partial charge is 0.278 e. The van der Waals surface area contributed by atoms with Gasteiger partial charge in [0, 0.05) is 29.4 Å². The second-order valence-corrected chi connectivity index (χ2v) is 8.14. The maximum Gasteiger partial charge on any atom is 0.134 e. The first-order valence-electron chi connectivity index (χ1n) is 10.2. The molecule has 1 unspecified atom stereocenters. The molecule has 8 nitrogen and oxygen atoms in total. The molecular formula is C23H16ClFN8. The van der Waals surface area contributed by atoms with Gasteiger partial charge in [0.2, 0.25) is 0 Å². The minimum atomic E-state index is -0.406. The van der Waals surface area contributed by atoms with Crippen molar-refractivity contribution in [2.24, 2.45) is 0 Å². The normalized spacial score (nSPS) is 12.6. The summed E-state index contributed by atoms with van der Waals surface area (Å²) in [4.78, 5) is 4.39. The van der Waals surface area contributed by atoms with E-state index in [-0.39, 0.29) is 6.04 Å². The summed E-state index contributed by atoms with van der Waals surface area (Å²) < 4.78 is 18.6. The summed E-state index contributed by atoms with van der Waals surface area (Å²) in [7, 11) is 0. The lowest BCUT2D eigenvalue weighted by atomic mass is 10.1. The van der Waals surface area contributed by atoms with Gasteiger partial charge in [0.05, 0.1) is 45.4 Å². The lowest BCUT2D eigenvalue weighted by Gasteiger charge is -2.16. The Morgan fingerprint density at radius 2 is 1.97 bits per heavy atom. The molecule has 0 saturated heterocycles. The van der Waals surface area contributed by atoms with E-state index in [4.69, 9.17) is 11.6 Å². The van der Waals surface area contributed by atoms with Gasteiger partial charge in [0.25, 0.3) is 0 Å². The zero-order chi connectivity index (χ0) is 22.5. The van der Waals surface area contributed by atoms with Crippen molar-refractivity contribution < 1.29 is 4.39 Å². The Hall–Kier alpha value is -4.11. The first-order chi connectivity index (χ1) is 16.1. The lowest BCUT2D eigenvalue weighted by Crippen LogP contribution is -2.11. The predicted molar refractivity (Wildman–Crippen MR) is 123 cm³/mol. The molecule has 0 aliphatic heterocycles. The molecule has 0 aliphatic rings. The number of hydrogen-bond acceptors (Lipinski definition) is 5. The zero-order valence-electron chi connectivity index (χ0n) is 17.3. The summed E-state index contributed by atoms with van der Waals surface area (Å²) in [6.45, 7) is 1.95. The Morgan fingerprint density at radius 3 is 2.82 bits per heavy atom. The minimum Gasteiger partial charge on any atom is -0.278 e. The topological polar surface area (TPSA) is 90.1 Å². The second-order valence-electron chi connectivity index (χ2n) is 7.70. The first kappa shape index (κ1) is 19.6. The Kier molecular flexibility index (Phi) is 4.44. The average molecular weight is 459 g/mol. The molecule has 0 fully saturated rings. The fraction of sp³-hybridized carbons (Fsp3) is 0.0870. The molecule has 10 heteroatoms. The maximum absolute atomic E-state index is 15.2. The van der Waals surface area contributed by atoms with Crippen LogP contribution in [0, 0.1) is 5.82 Å². The van der Waals surface area contributed by atoms with Crippen molar-refractivity contribution in [2.75, 3.05) is 0 Å². The molecule has 0 radical (unpaired) electrons. The van der Waals surface area contributed by atoms with Crippen LogP contribution in [0.4, 0.5) is 4.39 Å². The molecule has 0 bridgehead atoms. The van der Waals surface area contributed by atoms with Crippen LogP contribution >= 0.6 is 11.6 Å². The highest BCUT2D eigenvalue weighted by molar-refractivity contribution is 6.30. The Morgan fingerprint density at radius 1 is 1.06 bits per heavy atom. The van der Waals surface area contributed by atoms with Crippen molar-refractivity contribution in [3.63, 3.8) is 0 Å². The Bertz CT molecular complexity index is 1620. The molecule has 162 valence electrons. The number of benzene rings is 2. The molecule has 4 heterocycles. The van der Waals surface area contributed by atoms with E-state index in [1.165, 1.54) is 6.07 Å². The number of nitrogens with one attached hydrogen (secondary N) is 1. The maximum atomic E-state index is 15.2. The van der Waals surface area contributed by atoms with E-state index in [1.807, 2.05) is 31.2 Å². The predicted octanol–water partition coefficient (Wildman–Crippen LogP) is 4.96. The van der Waals surface area contributed by atoms with Crippen molar-refractivity contribution in [1.82, 2.24) is 40.0 Å². The standard InChI is InChI=1S/C23H16ClFN8/c1-13(19-5-3-15(24)12-26-19)32-22(6-7-28-32)17-9-23-21(10-18(17)25)30-31-33(23)16-4-2-14-11-27-29-20(14)8-16/h2-13H,1H3,(H,27,29). The van der Waals surface area contributed by atoms with Gasteiger partial charge in [0.15, 0.2) is 0 Å². The Balaban J connectivity index is 1.47. The highest BCUT2D eigenvalue weighted by atomic mass is 35.5. The summed E-state index contributed by atoms with van der Waals surface area (Å²) in [5.41, 5.74) is 4.59. The van der Waals surface area contributed by atoms with E-state index in [2.05, 4.69) is 30.6 Å². The number of hydrogen-bond donors (Lipinski definition) is 1. The van der Waals surface area contributed by atoms with Crippen LogP contribution in [0.3, 0.4) is 0 Å². The summed E-state index contributed by atoms with van der Waals surface area (Å²) in [6.07, 6.45) is 4.99.